The van der Waals surface area contributed by atoms with Gasteiger partial charge in [0.05, 0.1) is 5.97 Å². The molecule has 24 heavy (non-hydrogen) atoms. The van der Waals surface area contributed by atoms with Crippen LogP contribution in [0.15, 0.2) is 48.5 Å². The number of benzene rings is 2. The lowest BCUT2D eigenvalue weighted by atomic mass is 10.1. The summed E-state index contributed by atoms with van der Waals surface area (Å²) in [7, 11) is 0. The Morgan fingerprint density at radius 2 is 1.58 bits per heavy atom. The Labute approximate surface area is 141 Å². The topological polar surface area (TPSA) is 63.7 Å². The summed E-state index contributed by atoms with van der Waals surface area (Å²) in [4.78, 5) is 27.6. The third kappa shape index (κ3) is 3.25. The van der Waals surface area contributed by atoms with E-state index in [1.54, 1.807) is 17.0 Å². The number of hydrogen-bond donors (Lipinski definition) is 0. The second kappa shape index (κ2) is 6.74. The predicted octanol–water partition coefficient (Wildman–Crippen LogP) is 1.32. The number of carbonyl (C=O) groups excluding carboxylic acids is 2. The van der Waals surface area contributed by atoms with Crippen LogP contribution in [0.2, 0.25) is 0 Å². The van der Waals surface area contributed by atoms with E-state index in [4.69, 9.17) is 0 Å². The summed E-state index contributed by atoms with van der Waals surface area (Å²) in [5.41, 5.74) is 2.84. The lowest BCUT2D eigenvalue weighted by molar-refractivity contribution is -0.255. The van der Waals surface area contributed by atoms with Crippen molar-refractivity contribution in [2.24, 2.45) is 0 Å². The van der Waals surface area contributed by atoms with Crippen LogP contribution < -0.4 is 10.0 Å². The Bertz CT molecular complexity index is 765. The fourth-order valence-electron chi connectivity index (χ4n) is 3.03. The number of nitrogens with zero attached hydrogens (tertiary/aromatic N) is 2. The predicted molar refractivity (Wildman–Crippen MR) is 90.1 cm³/mol. The van der Waals surface area contributed by atoms with Crippen molar-refractivity contribution in [3.8, 4) is 0 Å². The highest BCUT2D eigenvalue weighted by Gasteiger charge is 2.23. The van der Waals surface area contributed by atoms with Crippen LogP contribution >= 0.6 is 0 Å². The first kappa shape index (κ1) is 16.1. The maximum absolute atomic E-state index is 12.6. The molecule has 0 N–H and O–H groups in total. The Morgan fingerprint density at radius 1 is 0.917 bits per heavy atom. The van der Waals surface area contributed by atoms with Gasteiger partial charge in [-0.15, -0.1) is 0 Å². The molecule has 3 rings (SSSR count). The molecular weight excluding hydrogens is 304 g/mol. The molecule has 5 heteroatoms. The van der Waals surface area contributed by atoms with Gasteiger partial charge in [-0.05, 0) is 36.2 Å². The normalized spacial score (nSPS) is 14.5. The van der Waals surface area contributed by atoms with E-state index in [1.165, 1.54) is 23.4 Å². The monoisotopic (exact) mass is 323 g/mol. The highest BCUT2D eigenvalue weighted by Crippen LogP contribution is 2.21. The third-order valence-corrected chi connectivity index (χ3v) is 4.37. The molecule has 1 heterocycles. The minimum absolute atomic E-state index is 0.0272. The highest BCUT2D eigenvalue weighted by atomic mass is 16.4. The number of carboxylic acids is 1. The number of piperazine rings is 1. The van der Waals surface area contributed by atoms with Crippen molar-refractivity contribution in [3.05, 3.63) is 65.2 Å². The van der Waals surface area contributed by atoms with Crippen LogP contribution in [0.25, 0.3) is 0 Å². The summed E-state index contributed by atoms with van der Waals surface area (Å²) in [5.74, 6) is -1.41. The molecule has 1 fully saturated rings. The largest absolute Gasteiger partial charge is 0.545 e. The molecule has 2 aromatic carbocycles. The molecule has 1 amide bonds. The molecule has 0 unspecified atom stereocenters. The van der Waals surface area contributed by atoms with Crippen LogP contribution in [-0.2, 0) is 0 Å². The Kier molecular flexibility index (Phi) is 4.51. The molecule has 0 spiro atoms. The molecule has 0 saturated carbocycles. The van der Waals surface area contributed by atoms with E-state index in [1.807, 2.05) is 12.1 Å². The van der Waals surface area contributed by atoms with Crippen molar-refractivity contribution >= 4 is 17.6 Å². The van der Waals surface area contributed by atoms with Gasteiger partial charge in [-0.3, -0.25) is 4.79 Å². The quantitative estimate of drug-likeness (QED) is 0.855. The summed E-state index contributed by atoms with van der Waals surface area (Å²) < 4.78 is 0. The zero-order valence-electron chi connectivity index (χ0n) is 13.6. The van der Waals surface area contributed by atoms with Crippen LogP contribution in [-0.4, -0.2) is 43.0 Å². The standard InChI is InChI=1S/C19H20N2O3/c1-14-5-2-3-8-17(14)20-9-11-21(12-10-20)18(22)15-6-4-7-16(13-15)19(23)24/h2-8,13H,9-12H2,1H3,(H,23,24)/p-1. The van der Waals surface area contributed by atoms with Crippen molar-refractivity contribution in [2.75, 3.05) is 31.1 Å². The molecule has 0 atom stereocenters. The van der Waals surface area contributed by atoms with Crippen LogP contribution in [0.1, 0.15) is 26.3 Å². The van der Waals surface area contributed by atoms with Gasteiger partial charge in [-0.1, -0.05) is 30.3 Å². The summed E-state index contributed by atoms with van der Waals surface area (Å²) >= 11 is 0. The summed E-state index contributed by atoms with van der Waals surface area (Å²) in [6.07, 6.45) is 0. The van der Waals surface area contributed by atoms with Gasteiger partial charge in [0.2, 0.25) is 0 Å². The van der Waals surface area contributed by atoms with Gasteiger partial charge in [-0.25, -0.2) is 0 Å². The van der Waals surface area contributed by atoms with Crippen molar-refractivity contribution in [1.29, 1.82) is 0 Å². The smallest absolute Gasteiger partial charge is 0.253 e. The molecule has 1 aliphatic rings. The molecular formula is C19H19N2O3-. The van der Waals surface area contributed by atoms with Crippen molar-refractivity contribution in [2.45, 2.75) is 6.92 Å². The van der Waals surface area contributed by atoms with E-state index in [-0.39, 0.29) is 11.5 Å². The first-order chi connectivity index (χ1) is 11.6. The maximum Gasteiger partial charge on any atom is 0.253 e. The van der Waals surface area contributed by atoms with E-state index in [9.17, 15) is 14.7 Å². The van der Waals surface area contributed by atoms with Gasteiger partial charge in [0, 0.05) is 37.4 Å². The molecule has 1 aliphatic heterocycles. The first-order valence-electron chi connectivity index (χ1n) is 7.97. The fraction of sp³-hybridized carbons (Fsp3) is 0.263. The average Bonchev–Trinajstić information content (AvgIpc) is 2.62. The number of anilines is 1. The van der Waals surface area contributed by atoms with Crippen LogP contribution in [0.5, 0.6) is 0 Å². The van der Waals surface area contributed by atoms with Gasteiger partial charge < -0.3 is 19.7 Å². The third-order valence-electron chi connectivity index (χ3n) is 4.37. The highest BCUT2D eigenvalue weighted by molar-refractivity contribution is 5.97. The molecule has 2 aromatic rings. The molecule has 1 saturated heterocycles. The average molecular weight is 323 g/mol. The maximum atomic E-state index is 12.6. The number of hydrogen-bond acceptors (Lipinski definition) is 4. The summed E-state index contributed by atoms with van der Waals surface area (Å²) in [6.45, 7) is 4.83. The Morgan fingerprint density at radius 3 is 2.25 bits per heavy atom. The number of para-hydroxylation sites is 1. The minimum atomic E-state index is -1.27. The van der Waals surface area contributed by atoms with Crippen LogP contribution in [0.3, 0.4) is 0 Å². The number of aromatic carboxylic acids is 1. The zero-order valence-corrected chi connectivity index (χ0v) is 13.6. The number of amides is 1. The summed E-state index contributed by atoms with van der Waals surface area (Å²) in [5, 5.41) is 10.9. The second-order valence-electron chi connectivity index (χ2n) is 5.93. The van der Waals surface area contributed by atoms with Gasteiger partial charge in [0.1, 0.15) is 0 Å². The zero-order chi connectivity index (χ0) is 17.1. The number of carbonyl (C=O) groups is 2. The molecule has 124 valence electrons. The lowest BCUT2D eigenvalue weighted by Gasteiger charge is -2.36. The second-order valence-corrected chi connectivity index (χ2v) is 5.93. The van der Waals surface area contributed by atoms with Gasteiger partial charge >= 0.3 is 0 Å². The van der Waals surface area contributed by atoms with E-state index < -0.39 is 5.97 Å². The van der Waals surface area contributed by atoms with E-state index >= 15 is 0 Å². The Hall–Kier alpha value is -2.82. The van der Waals surface area contributed by atoms with E-state index in [0.717, 1.165) is 13.1 Å². The molecule has 0 radical (unpaired) electrons. The SMILES string of the molecule is Cc1ccccc1N1CCN(C(=O)c2cccc(C(=O)[O-])c2)CC1. The summed E-state index contributed by atoms with van der Waals surface area (Å²) in [6, 6.07) is 14.2. The Balaban J connectivity index is 1.68. The first-order valence-corrected chi connectivity index (χ1v) is 7.97. The minimum Gasteiger partial charge on any atom is -0.545 e. The van der Waals surface area contributed by atoms with Crippen LogP contribution in [0.4, 0.5) is 5.69 Å². The molecule has 0 bridgehead atoms. The number of carboxylic acid groups (broad SMARTS) is 1. The number of aryl methyl sites for hydroxylation is 1. The van der Waals surface area contributed by atoms with E-state index in [0.29, 0.717) is 18.7 Å². The molecule has 0 aliphatic carbocycles. The number of rotatable bonds is 3. The van der Waals surface area contributed by atoms with Gasteiger partial charge in [-0.2, -0.15) is 0 Å². The lowest BCUT2D eigenvalue weighted by Crippen LogP contribution is -2.49. The van der Waals surface area contributed by atoms with Crippen molar-refractivity contribution in [1.82, 2.24) is 4.90 Å². The van der Waals surface area contributed by atoms with Crippen molar-refractivity contribution < 1.29 is 14.7 Å². The van der Waals surface area contributed by atoms with Crippen molar-refractivity contribution in [3.63, 3.8) is 0 Å². The van der Waals surface area contributed by atoms with Crippen LogP contribution in [0, 0.1) is 6.92 Å². The van der Waals surface area contributed by atoms with Gasteiger partial charge in [0.25, 0.3) is 5.91 Å². The fourth-order valence-corrected chi connectivity index (χ4v) is 3.03. The van der Waals surface area contributed by atoms with Gasteiger partial charge in [0.15, 0.2) is 0 Å². The molecule has 0 aromatic heterocycles. The van der Waals surface area contributed by atoms with E-state index in [2.05, 4.69) is 24.0 Å². The molecule has 5 nitrogen and oxygen atoms in total.